The van der Waals surface area contributed by atoms with Crippen molar-refractivity contribution in [1.82, 2.24) is 41.5 Å². The third-order valence-electron chi connectivity index (χ3n) is 11.0. The number of nitrogens with one attached hydrogen (secondary N) is 6. The molecule has 1 aliphatic heterocycles. The average Bonchev–Trinajstić information content (AvgIpc) is 3.97. The van der Waals surface area contributed by atoms with Crippen LogP contribution in [0.15, 0.2) is 42.9 Å². The van der Waals surface area contributed by atoms with Crippen LogP contribution in [0.5, 0.6) is 0 Å². The Morgan fingerprint density at radius 2 is 1.59 bits per heavy atom. The Hall–Kier alpha value is -4.94. The number of unbranched alkanes of at least 4 members (excludes halogenated alkanes) is 3. The van der Waals surface area contributed by atoms with E-state index in [0.29, 0.717) is 38.1 Å². The highest BCUT2D eigenvalue weighted by molar-refractivity contribution is 7.80. The molecule has 1 saturated heterocycles. The number of H-pyrrole nitrogens is 1. The summed E-state index contributed by atoms with van der Waals surface area (Å²) in [5.74, 6) is -5.32. The van der Waals surface area contributed by atoms with Gasteiger partial charge in [0.1, 0.15) is 30.2 Å². The second-order valence-electron chi connectivity index (χ2n) is 17.1. The van der Waals surface area contributed by atoms with Crippen LogP contribution in [-0.4, -0.2) is 152 Å². The summed E-state index contributed by atoms with van der Waals surface area (Å²) < 4.78 is 22.1. The number of aliphatic hydroxyl groups is 1. The number of nitrogens with two attached hydrogens (primary N) is 2. The second-order valence-corrected chi connectivity index (χ2v) is 18.6. The molecule has 2 heterocycles. The van der Waals surface area contributed by atoms with Crippen LogP contribution < -0.4 is 38.1 Å². The number of hydrogen-bond donors (Lipinski definition) is 12. The summed E-state index contributed by atoms with van der Waals surface area (Å²) in [6.07, 6.45) is 5.01. The summed E-state index contributed by atoms with van der Waals surface area (Å²) in [4.78, 5) is 120. The van der Waals surface area contributed by atoms with Gasteiger partial charge < -0.3 is 67.6 Å². The largest absolute Gasteiger partial charge is 0.469 e. The number of aromatic amines is 1. The molecule has 0 aliphatic carbocycles. The minimum Gasteiger partial charge on any atom is -0.394 e. The van der Waals surface area contributed by atoms with Gasteiger partial charge in [0.2, 0.25) is 41.4 Å². The number of aryl methyl sites for hydroxylation is 1. The Labute approximate surface area is 401 Å². The number of rotatable bonds is 31. The van der Waals surface area contributed by atoms with Crippen molar-refractivity contribution in [1.29, 1.82) is 0 Å². The number of imidazole rings is 1. The first kappa shape index (κ1) is 57.4. The Bertz CT molecular complexity index is 1980. The van der Waals surface area contributed by atoms with Gasteiger partial charge in [-0.25, -0.2) is 9.55 Å². The van der Waals surface area contributed by atoms with E-state index in [1.54, 1.807) is 0 Å². The maximum atomic E-state index is 14.2. The monoisotopic (exact) mass is 996 g/mol. The first-order valence-electron chi connectivity index (χ1n) is 22.6. The van der Waals surface area contributed by atoms with E-state index < -0.39 is 92.4 Å². The molecule has 1 aromatic carbocycles. The van der Waals surface area contributed by atoms with Crippen molar-refractivity contribution in [2.45, 2.75) is 133 Å². The van der Waals surface area contributed by atoms with Gasteiger partial charge in [-0.1, -0.05) is 50.6 Å². The third kappa shape index (κ3) is 20.3. The number of carbonyl (C=O) groups excluding carboxylic acids is 7. The summed E-state index contributed by atoms with van der Waals surface area (Å²) in [5.41, 5.74) is 12.6. The molecule has 0 spiro atoms. The lowest BCUT2D eigenvalue weighted by atomic mass is 10.0. The number of carbonyl (C=O) groups is 7. The van der Waals surface area contributed by atoms with Crippen LogP contribution in [0.3, 0.4) is 0 Å². The molecule has 7 amide bonds. The zero-order valence-corrected chi connectivity index (χ0v) is 40.5. The van der Waals surface area contributed by atoms with Gasteiger partial charge in [-0.2, -0.15) is 12.6 Å². The van der Waals surface area contributed by atoms with E-state index in [-0.39, 0.29) is 55.7 Å². The van der Waals surface area contributed by atoms with Crippen LogP contribution in [0.4, 0.5) is 0 Å². The Balaban J connectivity index is 1.75. The van der Waals surface area contributed by atoms with E-state index in [4.69, 9.17) is 16.2 Å². The van der Waals surface area contributed by atoms with E-state index in [1.165, 1.54) is 23.0 Å². The molecule has 0 saturated carbocycles. The number of aliphatic hydroxyl groups excluding tert-OH is 1. The number of benzene rings is 1. The van der Waals surface area contributed by atoms with Crippen LogP contribution in [-0.2, 0) is 60.2 Å². The van der Waals surface area contributed by atoms with E-state index >= 15 is 0 Å². The van der Waals surface area contributed by atoms with Gasteiger partial charge >= 0.3 is 7.82 Å². The minimum absolute atomic E-state index is 0.110. The number of thiol groups is 1. The lowest BCUT2D eigenvalue weighted by Crippen LogP contribution is -2.61. The summed E-state index contributed by atoms with van der Waals surface area (Å²) in [5, 5.41) is 22.7. The van der Waals surface area contributed by atoms with Gasteiger partial charge in [-0.3, -0.25) is 38.1 Å². The number of likely N-dealkylation sites (tertiary alicyclic amines) is 1. The van der Waals surface area contributed by atoms with Gasteiger partial charge in [0.05, 0.1) is 31.2 Å². The van der Waals surface area contributed by atoms with Gasteiger partial charge in [-0.15, -0.1) is 0 Å². The molecule has 0 radical (unpaired) electrons. The van der Waals surface area contributed by atoms with E-state index in [1.807, 2.05) is 32.0 Å². The van der Waals surface area contributed by atoms with E-state index in [9.17, 15) is 53.0 Å². The Morgan fingerprint density at radius 3 is 2.21 bits per heavy atom. The van der Waals surface area contributed by atoms with Crippen molar-refractivity contribution in [3.63, 3.8) is 0 Å². The maximum Gasteiger partial charge on any atom is 0.469 e. The first-order chi connectivity index (χ1) is 32.2. The molecule has 1 aliphatic rings. The van der Waals surface area contributed by atoms with Crippen molar-refractivity contribution in [2.75, 3.05) is 32.1 Å². The smallest absolute Gasteiger partial charge is 0.394 e. The predicted molar refractivity (Wildman–Crippen MR) is 251 cm³/mol. The molecule has 3 rings (SSSR count). The molecule has 23 nitrogen and oxygen atoms in total. The van der Waals surface area contributed by atoms with Crippen molar-refractivity contribution < 1.29 is 62.3 Å². The summed E-state index contributed by atoms with van der Waals surface area (Å²) in [6, 6.07) is 2.10. The molecule has 25 heteroatoms. The van der Waals surface area contributed by atoms with Crippen LogP contribution in [0.1, 0.15) is 83.4 Å². The molecule has 1 unspecified atom stereocenters. The van der Waals surface area contributed by atoms with E-state index in [0.717, 1.165) is 26.2 Å². The van der Waals surface area contributed by atoms with Crippen LogP contribution in [0, 0.1) is 5.92 Å². The molecule has 2 aromatic rings. The fraction of sp³-hybridized carbons (Fsp3) is 0.628. The highest BCUT2D eigenvalue weighted by atomic mass is 32.1. The zero-order chi connectivity index (χ0) is 50.4. The fourth-order valence-corrected chi connectivity index (χ4v) is 8.12. The molecule has 0 bridgehead atoms. The van der Waals surface area contributed by atoms with Gasteiger partial charge in [-0.05, 0) is 56.9 Å². The van der Waals surface area contributed by atoms with E-state index in [2.05, 4.69) is 65.8 Å². The molecule has 13 N–H and O–H groups in total. The van der Waals surface area contributed by atoms with Crippen molar-refractivity contribution in [3.8, 4) is 0 Å². The van der Waals surface area contributed by atoms with Gasteiger partial charge in [0, 0.05) is 56.6 Å². The van der Waals surface area contributed by atoms with Crippen LogP contribution >= 0.6 is 20.5 Å². The fourth-order valence-electron chi connectivity index (χ4n) is 7.40. The zero-order valence-electron chi connectivity index (χ0n) is 38.7. The Morgan fingerprint density at radius 1 is 0.912 bits per heavy atom. The standard InChI is InChI=1S/C43H69N10O13PS/c1-26(2)18-32(40(58)49-33(19-29-21-46-25-48-29)41(59)51-34(23-54)42(60)52-37(38(45)56)27(3)66-67(62,63)64)50-43(61)35-20-30(65-17-11-9-14-28-12-6-4-7-13-28)22-53(35)36(55)15-8-5-10-16-47-39(57)31(44)24-68/h4,6-7,12-13,21,25-27,30-35,37,54,68H,5,8-11,14-20,22-24,44H2,1-3H3,(H2,45,56)(H,46,48)(H,47,57)(H,49,58)(H,50,61)(H,51,59)(H,52,60)(H2,62,63,64)/t27-,30-,31?,32+,33+,34+,35+,37+/m1/s1. The molecular formula is C43H69N10O13PS. The molecule has 1 fully saturated rings. The minimum atomic E-state index is -5.13. The summed E-state index contributed by atoms with van der Waals surface area (Å²) >= 11 is 4.04. The van der Waals surface area contributed by atoms with Crippen molar-refractivity contribution in [3.05, 3.63) is 54.1 Å². The van der Waals surface area contributed by atoms with Crippen molar-refractivity contribution in [2.24, 2.45) is 17.4 Å². The number of amides is 7. The Kier molecular flexibility index (Phi) is 24.6. The van der Waals surface area contributed by atoms with Crippen molar-refractivity contribution >= 4 is 61.8 Å². The number of phosphoric ester groups is 1. The number of hydrogen-bond acceptors (Lipinski definition) is 14. The van der Waals surface area contributed by atoms with Crippen LogP contribution in [0.25, 0.3) is 0 Å². The highest BCUT2D eigenvalue weighted by Crippen LogP contribution is 2.38. The first-order valence-corrected chi connectivity index (χ1v) is 24.8. The molecule has 8 atom stereocenters. The average molecular weight is 997 g/mol. The maximum absolute atomic E-state index is 14.2. The normalized spacial score (nSPS) is 17.6. The highest BCUT2D eigenvalue weighted by Gasteiger charge is 2.41. The lowest BCUT2D eigenvalue weighted by molar-refractivity contribution is -0.140. The number of nitrogens with zero attached hydrogens (tertiary/aromatic N) is 2. The summed E-state index contributed by atoms with van der Waals surface area (Å²) in [6.45, 7) is 4.62. The molecule has 380 valence electrons. The van der Waals surface area contributed by atoms with Crippen LogP contribution in [0.2, 0.25) is 0 Å². The number of phosphoric acid groups is 1. The third-order valence-corrected chi connectivity index (χ3v) is 12.0. The van der Waals surface area contributed by atoms with Gasteiger partial charge in [0.25, 0.3) is 0 Å². The number of primary amides is 1. The lowest BCUT2D eigenvalue weighted by Gasteiger charge is -2.28. The molecule has 68 heavy (non-hydrogen) atoms. The number of ether oxygens (including phenoxy) is 1. The molecular weight excluding hydrogens is 928 g/mol. The summed E-state index contributed by atoms with van der Waals surface area (Å²) in [7, 11) is -5.13. The second kappa shape index (κ2) is 29.2. The quantitative estimate of drug-likeness (QED) is 0.0241. The number of aromatic nitrogens is 2. The SMILES string of the molecule is CC(C)C[C@H](NC(=O)[C@@H]1C[C@@H](OCCCCc2ccccc2)CN1C(=O)CCCCCNC(=O)C(N)CS)C(=O)N[C@@H](Cc1cnc[nH]1)C(=O)N[C@@H](CO)C(=O)N[C@H](C(N)=O)[C@@H](C)OP(=O)(O)O. The molecule has 1 aromatic heterocycles. The van der Waals surface area contributed by atoms with Gasteiger partial charge in [0.15, 0.2) is 0 Å². The topological polar surface area (TPSA) is 360 Å². The predicted octanol–water partition coefficient (Wildman–Crippen LogP) is -1.14.